The van der Waals surface area contributed by atoms with Gasteiger partial charge < -0.3 is 46.7 Å². The number of nitrogens with one attached hydrogen (secondary N) is 7. The van der Waals surface area contributed by atoms with Crippen LogP contribution in [0.1, 0.15) is 148 Å². The second kappa shape index (κ2) is 28.2. The minimum atomic E-state index is -0.681. The van der Waals surface area contributed by atoms with Crippen molar-refractivity contribution in [1.29, 1.82) is 0 Å². The molecule has 0 unspecified atom stereocenters. The quantitative estimate of drug-likeness (QED) is 0.0591. The number of esters is 1. The van der Waals surface area contributed by atoms with Crippen LogP contribution in [0.15, 0.2) is 0 Å². The largest absolute Gasteiger partial charge is 0.469 e. The smallest absolute Gasteiger partial charge is 0.407 e. The Morgan fingerprint density at radius 3 is 1.30 bits per heavy atom. The fourth-order valence-corrected chi connectivity index (χ4v) is 6.36. The second-order valence-electron chi connectivity index (χ2n) is 18.5. The Bertz CT molecular complexity index is 1400. The predicted molar refractivity (Wildman–Crippen MR) is 230 cm³/mol. The molecule has 0 aromatic carbocycles. The number of hydrogen-bond acceptors (Lipinski definition) is 10. The molecule has 0 fully saturated rings. The number of carbonyl (C=O) groups is 8. The normalized spacial score (nSPS) is 14.6. The Kier molecular flexibility index (Phi) is 26.1. The Labute approximate surface area is 358 Å². The molecular formula is C43H79N7O10. The monoisotopic (exact) mass is 854 g/mol. The van der Waals surface area contributed by atoms with Crippen molar-refractivity contribution in [3.63, 3.8) is 0 Å². The number of alkyl carbamates (subject to hydrolysis) is 1. The molecule has 0 bridgehead atoms. The number of hydrogen-bond donors (Lipinski definition) is 7. The zero-order valence-corrected chi connectivity index (χ0v) is 38.9. The van der Waals surface area contributed by atoms with Crippen molar-refractivity contribution in [1.82, 2.24) is 37.2 Å². The van der Waals surface area contributed by atoms with Gasteiger partial charge in [0, 0.05) is 81.3 Å². The van der Waals surface area contributed by atoms with Crippen LogP contribution in [0.3, 0.4) is 0 Å². The summed E-state index contributed by atoms with van der Waals surface area (Å²) in [4.78, 5) is 101. The van der Waals surface area contributed by atoms with Crippen LogP contribution in [0.4, 0.5) is 4.79 Å². The van der Waals surface area contributed by atoms with E-state index in [1.54, 1.807) is 34.6 Å². The first kappa shape index (κ1) is 55.6. The van der Waals surface area contributed by atoms with Crippen LogP contribution in [0.25, 0.3) is 0 Å². The summed E-state index contributed by atoms with van der Waals surface area (Å²) in [7, 11) is 1.30. The first-order valence-corrected chi connectivity index (χ1v) is 21.5. The average molecular weight is 854 g/mol. The molecule has 17 heteroatoms. The Hall–Kier alpha value is -4.44. The fraction of sp³-hybridized carbons (Fsp3) is 0.814. The lowest BCUT2D eigenvalue weighted by Crippen LogP contribution is -2.46. The number of methoxy groups -OCH3 is 1. The van der Waals surface area contributed by atoms with Gasteiger partial charge in [-0.3, -0.25) is 33.6 Å². The first-order chi connectivity index (χ1) is 27.7. The maximum absolute atomic E-state index is 13.0. The summed E-state index contributed by atoms with van der Waals surface area (Å²) >= 11 is 0. The van der Waals surface area contributed by atoms with Gasteiger partial charge in [-0.15, -0.1) is 0 Å². The van der Waals surface area contributed by atoms with E-state index in [0.29, 0.717) is 12.8 Å². The van der Waals surface area contributed by atoms with E-state index in [1.807, 2.05) is 55.4 Å². The third-order valence-corrected chi connectivity index (χ3v) is 9.26. The zero-order valence-electron chi connectivity index (χ0n) is 38.9. The molecule has 0 aliphatic rings. The summed E-state index contributed by atoms with van der Waals surface area (Å²) in [5.41, 5.74) is -0.681. The van der Waals surface area contributed by atoms with Crippen molar-refractivity contribution in [3.05, 3.63) is 0 Å². The summed E-state index contributed by atoms with van der Waals surface area (Å²) in [5.74, 6) is -2.12. The minimum Gasteiger partial charge on any atom is -0.469 e. The van der Waals surface area contributed by atoms with Crippen molar-refractivity contribution in [2.75, 3.05) is 13.7 Å². The summed E-state index contributed by atoms with van der Waals surface area (Å²) in [6.07, 6.45) is 0.526. The van der Waals surface area contributed by atoms with E-state index in [0.717, 1.165) is 0 Å². The SMILES string of the molecule is COC(=O)C[C@H](CC(C)C)NC(=O)C[C@H](C)NC(=O)C[C@@H](NC(=O)CCNC(=O)C[C@H](CC(C)C)NC(=O)C[C@H](C)NC(=O)C[C@@H](NC(=O)OC(C)(C)C)C(C)C)C(C)C. The van der Waals surface area contributed by atoms with Crippen LogP contribution in [-0.4, -0.2) is 103 Å². The van der Waals surface area contributed by atoms with Crippen LogP contribution in [0.2, 0.25) is 0 Å². The number of ether oxygens (including phenoxy) is 2. The fourth-order valence-electron chi connectivity index (χ4n) is 6.36. The molecule has 0 aromatic rings. The lowest BCUT2D eigenvalue weighted by atomic mass is 9.99. The van der Waals surface area contributed by atoms with Crippen molar-refractivity contribution in [2.24, 2.45) is 23.7 Å². The summed E-state index contributed by atoms with van der Waals surface area (Å²) in [5, 5.41) is 19.8. The highest BCUT2D eigenvalue weighted by Gasteiger charge is 2.26. The molecule has 0 spiro atoms. The van der Waals surface area contributed by atoms with Crippen molar-refractivity contribution >= 4 is 47.5 Å². The van der Waals surface area contributed by atoms with Crippen molar-refractivity contribution in [3.8, 4) is 0 Å². The molecule has 0 radical (unpaired) electrons. The first-order valence-electron chi connectivity index (χ1n) is 21.5. The van der Waals surface area contributed by atoms with Gasteiger partial charge in [0.25, 0.3) is 0 Å². The van der Waals surface area contributed by atoms with Gasteiger partial charge in [-0.1, -0.05) is 55.4 Å². The highest BCUT2D eigenvalue weighted by molar-refractivity contribution is 5.83. The van der Waals surface area contributed by atoms with E-state index >= 15 is 0 Å². The van der Waals surface area contributed by atoms with Crippen LogP contribution >= 0.6 is 0 Å². The summed E-state index contributed by atoms with van der Waals surface area (Å²) in [6, 6.07) is -2.82. The van der Waals surface area contributed by atoms with Crippen molar-refractivity contribution in [2.45, 2.75) is 190 Å². The van der Waals surface area contributed by atoms with Gasteiger partial charge in [-0.2, -0.15) is 0 Å². The Balaban J connectivity index is 4.97. The van der Waals surface area contributed by atoms with Gasteiger partial charge in [-0.05, 0) is 71.1 Å². The van der Waals surface area contributed by atoms with E-state index in [9.17, 15) is 38.4 Å². The van der Waals surface area contributed by atoms with E-state index in [1.165, 1.54) is 7.11 Å². The van der Waals surface area contributed by atoms with Crippen LogP contribution < -0.4 is 37.2 Å². The molecule has 0 aliphatic heterocycles. The molecule has 0 rings (SSSR count). The molecule has 0 aromatic heterocycles. The summed E-state index contributed by atoms with van der Waals surface area (Å²) in [6.45, 7) is 24.2. The van der Waals surface area contributed by atoms with Gasteiger partial charge in [0.15, 0.2) is 0 Å². The lowest BCUT2D eigenvalue weighted by molar-refractivity contribution is -0.141. The number of carbonyl (C=O) groups excluding carboxylic acids is 8. The number of amides is 7. The van der Waals surface area contributed by atoms with Crippen LogP contribution in [0.5, 0.6) is 0 Å². The van der Waals surface area contributed by atoms with E-state index < -0.39 is 47.9 Å². The Morgan fingerprint density at radius 1 is 0.483 bits per heavy atom. The average Bonchev–Trinajstić information content (AvgIpc) is 3.05. The molecule has 7 N–H and O–H groups in total. The third-order valence-electron chi connectivity index (χ3n) is 9.26. The van der Waals surface area contributed by atoms with E-state index in [4.69, 9.17) is 9.47 Å². The molecule has 6 atom stereocenters. The van der Waals surface area contributed by atoms with Crippen molar-refractivity contribution < 1.29 is 47.8 Å². The molecular weight excluding hydrogens is 775 g/mol. The standard InChI is InChI=1S/C43H79N7O10/c1-25(2)17-31(47-37(53)19-29(9)46-40(56)24-34(28(7)8)50-42(58)60-43(11,12)13)21-36(52)44-16-15-35(51)49-33(27(5)6)23-39(55)45-30(10)20-38(54)48-32(18-26(3)4)22-41(57)59-14/h25-34H,15-24H2,1-14H3,(H,44,52)(H,45,55)(H,46,56)(H,47,53)(H,48,54)(H,49,51)(H,50,58)/t29-,30-,31-,32-,33+,34+/m0/s1. The highest BCUT2D eigenvalue weighted by Crippen LogP contribution is 2.13. The molecule has 7 amide bonds. The van der Waals surface area contributed by atoms with E-state index in [-0.39, 0.29) is 117 Å². The van der Waals surface area contributed by atoms with Gasteiger partial charge in [-0.25, -0.2) is 4.79 Å². The second-order valence-corrected chi connectivity index (χ2v) is 18.5. The minimum absolute atomic E-state index is 0.00661. The molecule has 0 saturated carbocycles. The van der Waals surface area contributed by atoms with Crippen LogP contribution in [0, 0.1) is 23.7 Å². The van der Waals surface area contributed by atoms with Gasteiger partial charge in [0.1, 0.15) is 5.60 Å². The van der Waals surface area contributed by atoms with Gasteiger partial charge in [0.05, 0.1) is 13.5 Å². The molecule has 0 heterocycles. The van der Waals surface area contributed by atoms with Gasteiger partial charge >= 0.3 is 12.1 Å². The molecule has 346 valence electrons. The maximum atomic E-state index is 13.0. The lowest BCUT2D eigenvalue weighted by Gasteiger charge is -2.26. The molecule has 60 heavy (non-hydrogen) atoms. The summed E-state index contributed by atoms with van der Waals surface area (Å²) < 4.78 is 10.1. The maximum Gasteiger partial charge on any atom is 0.407 e. The number of rotatable bonds is 27. The molecule has 0 aliphatic carbocycles. The zero-order chi connectivity index (χ0) is 46.3. The topological polar surface area (TPSA) is 239 Å². The third kappa shape index (κ3) is 28.1. The predicted octanol–water partition coefficient (Wildman–Crippen LogP) is 3.77. The molecule has 17 nitrogen and oxygen atoms in total. The Morgan fingerprint density at radius 2 is 0.900 bits per heavy atom. The molecule has 0 saturated heterocycles. The van der Waals surface area contributed by atoms with Gasteiger partial charge in [0.2, 0.25) is 35.4 Å². The van der Waals surface area contributed by atoms with Crippen LogP contribution in [-0.2, 0) is 43.0 Å². The van der Waals surface area contributed by atoms with E-state index in [2.05, 4.69) is 37.2 Å². The highest BCUT2D eigenvalue weighted by atomic mass is 16.6.